The van der Waals surface area contributed by atoms with E-state index in [1.807, 2.05) is 42.5 Å². The maximum Gasteiger partial charge on any atom is 0.170 e. The van der Waals surface area contributed by atoms with Crippen molar-refractivity contribution in [1.29, 1.82) is 0 Å². The number of rotatable bonds is 5. The molecule has 0 aliphatic carbocycles. The van der Waals surface area contributed by atoms with E-state index in [-0.39, 0.29) is 0 Å². The molecule has 0 fully saturated rings. The highest BCUT2D eigenvalue weighted by atomic mass is 35.5. The van der Waals surface area contributed by atoms with Crippen molar-refractivity contribution in [3.8, 4) is 0 Å². The SMILES string of the molecule is CN(CCNC(=S)Nc1ccc(Cl)cc1)c1ccccc1. The fourth-order valence-corrected chi connectivity index (χ4v) is 2.20. The number of halogens is 1. The van der Waals surface area contributed by atoms with E-state index in [2.05, 4.69) is 34.7 Å². The number of likely N-dealkylation sites (N-methyl/N-ethyl adjacent to an activating group) is 1. The van der Waals surface area contributed by atoms with Crippen LogP contribution in [0.3, 0.4) is 0 Å². The molecule has 0 atom stereocenters. The second kappa shape index (κ2) is 7.86. The number of anilines is 2. The number of hydrogen-bond donors (Lipinski definition) is 2. The normalized spacial score (nSPS) is 10.0. The number of nitrogens with zero attached hydrogens (tertiary/aromatic N) is 1. The molecule has 0 bridgehead atoms. The van der Waals surface area contributed by atoms with Crippen LogP contribution in [0, 0.1) is 0 Å². The van der Waals surface area contributed by atoms with Crippen molar-refractivity contribution in [1.82, 2.24) is 5.32 Å². The minimum Gasteiger partial charge on any atom is -0.373 e. The third-order valence-electron chi connectivity index (χ3n) is 3.03. The summed E-state index contributed by atoms with van der Waals surface area (Å²) in [6.45, 7) is 1.64. The Labute approximate surface area is 135 Å². The molecule has 21 heavy (non-hydrogen) atoms. The average Bonchev–Trinajstić information content (AvgIpc) is 2.50. The van der Waals surface area contributed by atoms with Gasteiger partial charge in [0.25, 0.3) is 0 Å². The van der Waals surface area contributed by atoms with E-state index in [9.17, 15) is 0 Å². The summed E-state index contributed by atoms with van der Waals surface area (Å²) in [5.74, 6) is 0. The molecule has 0 aliphatic heterocycles. The van der Waals surface area contributed by atoms with Crippen molar-refractivity contribution in [3.63, 3.8) is 0 Å². The quantitative estimate of drug-likeness (QED) is 0.821. The van der Waals surface area contributed by atoms with E-state index in [0.29, 0.717) is 10.1 Å². The Kier molecular flexibility index (Phi) is 5.84. The lowest BCUT2D eigenvalue weighted by Gasteiger charge is -2.20. The van der Waals surface area contributed by atoms with Gasteiger partial charge in [-0.3, -0.25) is 0 Å². The third-order valence-corrected chi connectivity index (χ3v) is 3.53. The zero-order valence-corrected chi connectivity index (χ0v) is 13.4. The fraction of sp³-hybridized carbons (Fsp3) is 0.188. The molecule has 0 radical (unpaired) electrons. The lowest BCUT2D eigenvalue weighted by molar-refractivity contribution is 0.827. The summed E-state index contributed by atoms with van der Waals surface area (Å²) < 4.78 is 0. The molecule has 0 saturated heterocycles. The van der Waals surface area contributed by atoms with Crippen molar-refractivity contribution < 1.29 is 0 Å². The second-order valence-corrected chi connectivity index (χ2v) is 5.49. The van der Waals surface area contributed by atoms with Gasteiger partial charge >= 0.3 is 0 Å². The van der Waals surface area contributed by atoms with Crippen molar-refractivity contribution in [2.75, 3.05) is 30.4 Å². The highest BCUT2D eigenvalue weighted by Gasteiger charge is 2.01. The Morgan fingerprint density at radius 1 is 1.10 bits per heavy atom. The molecular formula is C16H18ClN3S. The number of benzene rings is 2. The lowest BCUT2D eigenvalue weighted by atomic mass is 10.3. The van der Waals surface area contributed by atoms with Crippen LogP contribution in [-0.4, -0.2) is 25.2 Å². The van der Waals surface area contributed by atoms with Crippen LogP contribution in [0.4, 0.5) is 11.4 Å². The Hall–Kier alpha value is -1.78. The molecule has 0 heterocycles. The summed E-state index contributed by atoms with van der Waals surface area (Å²) in [5, 5.41) is 7.64. The molecule has 0 aromatic heterocycles. The van der Waals surface area contributed by atoms with Crippen LogP contribution >= 0.6 is 23.8 Å². The Bertz CT molecular complexity index is 572. The van der Waals surface area contributed by atoms with Gasteiger partial charge in [-0.05, 0) is 48.6 Å². The molecule has 5 heteroatoms. The number of para-hydroxylation sites is 1. The van der Waals surface area contributed by atoms with Crippen LogP contribution in [0.1, 0.15) is 0 Å². The maximum absolute atomic E-state index is 5.84. The lowest BCUT2D eigenvalue weighted by Crippen LogP contribution is -2.35. The molecule has 0 spiro atoms. The minimum atomic E-state index is 0.610. The average molecular weight is 320 g/mol. The molecule has 2 aromatic carbocycles. The van der Waals surface area contributed by atoms with Crippen LogP contribution in [-0.2, 0) is 0 Å². The Morgan fingerprint density at radius 3 is 2.43 bits per heavy atom. The third kappa shape index (κ3) is 5.25. The fourth-order valence-electron chi connectivity index (χ4n) is 1.86. The molecule has 2 rings (SSSR count). The van der Waals surface area contributed by atoms with Crippen LogP contribution in [0.15, 0.2) is 54.6 Å². The van der Waals surface area contributed by atoms with Crippen molar-refractivity contribution >= 4 is 40.3 Å². The standard InChI is InChI=1S/C16H18ClN3S/c1-20(15-5-3-2-4-6-15)12-11-18-16(21)19-14-9-7-13(17)8-10-14/h2-10H,11-12H2,1H3,(H2,18,19,21). The van der Waals surface area contributed by atoms with Crippen LogP contribution in [0.5, 0.6) is 0 Å². The molecular weight excluding hydrogens is 302 g/mol. The largest absolute Gasteiger partial charge is 0.373 e. The highest BCUT2D eigenvalue weighted by Crippen LogP contribution is 2.13. The molecule has 0 unspecified atom stereocenters. The van der Waals surface area contributed by atoms with E-state index in [0.717, 1.165) is 18.8 Å². The smallest absolute Gasteiger partial charge is 0.170 e. The van der Waals surface area contributed by atoms with Gasteiger partial charge in [-0.2, -0.15) is 0 Å². The van der Waals surface area contributed by atoms with Gasteiger partial charge in [0, 0.05) is 36.5 Å². The second-order valence-electron chi connectivity index (χ2n) is 4.64. The predicted molar refractivity (Wildman–Crippen MR) is 95.4 cm³/mol. The highest BCUT2D eigenvalue weighted by molar-refractivity contribution is 7.80. The zero-order valence-electron chi connectivity index (χ0n) is 11.8. The summed E-state index contributed by atoms with van der Waals surface area (Å²) in [6.07, 6.45) is 0. The van der Waals surface area contributed by atoms with E-state index >= 15 is 0 Å². The van der Waals surface area contributed by atoms with Crippen molar-refractivity contribution in [2.45, 2.75) is 0 Å². The first kappa shape index (κ1) is 15.6. The van der Waals surface area contributed by atoms with Gasteiger partial charge in [-0.25, -0.2) is 0 Å². The molecule has 0 saturated carbocycles. The monoisotopic (exact) mass is 319 g/mol. The Balaban J connectivity index is 1.73. The van der Waals surface area contributed by atoms with Gasteiger partial charge in [0.05, 0.1) is 0 Å². The van der Waals surface area contributed by atoms with Crippen molar-refractivity contribution in [2.24, 2.45) is 0 Å². The van der Waals surface area contributed by atoms with E-state index in [4.69, 9.17) is 23.8 Å². The summed E-state index contributed by atoms with van der Waals surface area (Å²) >= 11 is 11.1. The first-order chi connectivity index (χ1) is 10.1. The molecule has 110 valence electrons. The molecule has 0 amide bonds. The number of hydrogen-bond acceptors (Lipinski definition) is 2. The summed E-state index contributed by atoms with van der Waals surface area (Å²) in [4.78, 5) is 2.18. The Morgan fingerprint density at radius 2 is 1.76 bits per heavy atom. The van der Waals surface area contributed by atoms with Crippen molar-refractivity contribution in [3.05, 3.63) is 59.6 Å². The van der Waals surface area contributed by atoms with Gasteiger partial charge in [0.1, 0.15) is 0 Å². The summed E-state index contributed by atoms with van der Waals surface area (Å²) in [5.41, 5.74) is 2.11. The summed E-state index contributed by atoms with van der Waals surface area (Å²) in [6, 6.07) is 17.7. The van der Waals surface area contributed by atoms with Crippen LogP contribution in [0.2, 0.25) is 5.02 Å². The zero-order chi connectivity index (χ0) is 15.1. The number of nitrogens with one attached hydrogen (secondary N) is 2. The van der Waals surface area contributed by atoms with Crippen LogP contribution < -0.4 is 15.5 Å². The maximum atomic E-state index is 5.84. The van der Waals surface area contributed by atoms with E-state index < -0.39 is 0 Å². The molecule has 2 N–H and O–H groups in total. The van der Waals surface area contributed by atoms with Gasteiger partial charge in [-0.15, -0.1) is 0 Å². The van der Waals surface area contributed by atoms with Gasteiger partial charge in [-0.1, -0.05) is 29.8 Å². The first-order valence-corrected chi connectivity index (χ1v) is 7.50. The van der Waals surface area contributed by atoms with E-state index in [1.165, 1.54) is 5.69 Å². The molecule has 3 nitrogen and oxygen atoms in total. The van der Waals surface area contributed by atoms with Gasteiger partial charge in [0.2, 0.25) is 0 Å². The molecule has 0 aliphatic rings. The van der Waals surface area contributed by atoms with Crippen LogP contribution in [0.25, 0.3) is 0 Å². The van der Waals surface area contributed by atoms with Gasteiger partial charge < -0.3 is 15.5 Å². The number of thiocarbonyl (C=S) groups is 1. The summed E-state index contributed by atoms with van der Waals surface area (Å²) in [7, 11) is 2.06. The predicted octanol–water partition coefficient (Wildman–Crippen LogP) is 3.76. The minimum absolute atomic E-state index is 0.610. The topological polar surface area (TPSA) is 27.3 Å². The van der Waals surface area contributed by atoms with Gasteiger partial charge in [0.15, 0.2) is 5.11 Å². The van der Waals surface area contributed by atoms with E-state index in [1.54, 1.807) is 0 Å². The molecule has 2 aromatic rings. The first-order valence-electron chi connectivity index (χ1n) is 6.72.